The van der Waals surface area contributed by atoms with Crippen molar-refractivity contribution in [2.24, 2.45) is 0 Å². The van der Waals surface area contributed by atoms with E-state index in [2.05, 4.69) is 6.92 Å². The van der Waals surface area contributed by atoms with Crippen LogP contribution in [-0.2, 0) is 6.54 Å². The highest BCUT2D eigenvalue weighted by Crippen LogP contribution is 2.23. The minimum atomic E-state index is -0.565. The number of aryl methyl sites for hydroxylation is 1. The fraction of sp³-hybridized carbons (Fsp3) is 0.409. The molecule has 148 valence electrons. The van der Waals surface area contributed by atoms with Crippen LogP contribution in [0.4, 0.5) is 0 Å². The highest BCUT2D eigenvalue weighted by atomic mass is 16.5. The molecule has 0 aliphatic carbocycles. The quantitative estimate of drug-likeness (QED) is 0.525. The van der Waals surface area contributed by atoms with E-state index < -0.39 is 17.2 Å². The third-order valence-electron chi connectivity index (χ3n) is 4.71. The second-order valence-corrected chi connectivity index (χ2v) is 6.85. The van der Waals surface area contributed by atoms with E-state index in [0.29, 0.717) is 12.2 Å². The van der Waals surface area contributed by atoms with Gasteiger partial charge in [-0.25, -0.2) is 0 Å². The van der Waals surface area contributed by atoms with Gasteiger partial charge < -0.3 is 9.84 Å². The fourth-order valence-corrected chi connectivity index (χ4v) is 3.04. The lowest BCUT2D eigenvalue weighted by Crippen LogP contribution is -2.27. The molecule has 0 atom stereocenters. The van der Waals surface area contributed by atoms with E-state index in [9.17, 15) is 20.0 Å². The van der Waals surface area contributed by atoms with Gasteiger partial charge in [0.05, 0.1) is 5.56 Å². The van der Waals surface area contributed by atoms with Crippen molar-refractivity contribution in [2.45, 2.75) is 53.0 Å². The summed E-state index contributed by atoms with van der Waals surface area (Å²) in [6.07, 6.45) is 3.64. The van der Waals surface area contributed by atoms with Crippen molar-refractivity contribution in [1.29, 1.82) is 5.26 Å². The van der Waals surface area contributed by atoms with Crippen LogP contribution in [0.3, 0.4) is 0 Å². The summed E-state index contributed by atoms with van der Waals surface area (Å²) in [5.41, 5.74) is 0.545. The van der Waals surface area contributed by atoms with E-state index in [1.54, 1.807) is 12.1 Å². The molecule has 0 aliphatic rings. The van der Waals surface area contributed by atoms with Crippen molar-refractivity contribution in [3.63, 3.8) is 0 Å². The van der Waals surface area contributed by atoms with Crippen molar-refractivity contribution in [3.05, 3.63) is 56.9 Å². The molecule has 0 aliphatic heterocycles. The maximum absolute atomic E-state index is 12.7. The standard InChI is InChI=1S/C22H26N2O4/c1-4-5-6-7-12-24-21(26)18(13-23)16(3)20(22(24)27)19(25)14-28-17-10-8-15(2)9-11-17/h8-11,27H,4-7,12,14H2,1-3H3. The summed E-state index contributed by atoms with van der Waals surface area (Å²) in [6.45, 7) is 5.49. The molecule has 1 aromatic heterocycles. The average Bonchev–Trinajstić information content (AvgIpc) is 2.67. The Bertz CT molecular complexity index is 937. The average molecular weight is 382 g/mol. The van der Waals surface area contributed by atoms with Crippen molar-refractivity contribution in [3.8, 4) is 17.7 Å². The number of benzene rings is 1. The second kappa shape index (κ2) is 9.75. The first kappa shape index (κ1) is 21.2. The zero-order valence-corrected chi connectivity index (χ0v) is 16.6. The van der Waals surface area contributed by atoms with Gasteiger partial charge in [0.1, 0.15) is 17.4 Å². The number of ether oxygens (including phenoxy) is 1. The third-order valence-corrected chi connectivity index (χ3v) is 4.71. The van der Waals surface area contributed by atoms with Gasteiger partial charge in [-0.15, -0.1) is 0 Å². The van der Waals surface area contributed by atoms with Crippen LogP contribution in [0.5, 0.6) is 11.6 Å². The molecule has 0 fully saturated rings. The maximum atomic E-state index is 12.7. The molecule has 0 bridgehead atoms. The van der Waals surface area contributed by atoms with Crippen molar-refractivity contribution < 1.29 is 14.6 Å². The number of carbonyl (C=O) groups excluding carboxylic acids is 1. The number of Topliss-reactive ketones (excluding diaryl/α,β-unsaturated/α-hetero) is 1. The summed E-state index contributed by atoms with van der Waals surface area (Å²) in [6, 6.07) is 9.12. The molecule has 1 aromatic carbocycles. The molecule has 2 aromatic rings. The minimum absolute atomic E-state index is 0.0289. The zero-order valence-electron chi connectivity index (χ0n) is 16.6. The highest BCUT2D eigenvalue weighted by molar-refractivity contribution is 6.01. The maximum Gasteiger partial charge on any atom is 0.271 e. The topological polar surface area (TPSA) is 92.3 Å². The predicted molar refractivity (Wildman–Crippen MR) is 107 cm³/mol. The van der Waals surface area contributed by atoms with Crippen molar-refractivity contribution >= 4 is 5.78 Å². The van der Waals surface area contributed by atoms with Crippen molar-refractivity contribution in [2.75, 3.05) is 6.61 Å². The first-order chi connectivity index (χ1) is 13.4. The number of carbonyl (C=O) groups is 1. The number of pyridine rings is 1. The Morgan fingerprint density at radius 3 is 2.46 bits per heavy atom. The Hall–Kier alpha value is -3.07. The molecule has 1 heterocycles. The zero-order chi connectivity index (χ0) is 20.7. The molecule has 0 radical (unpaired) electrons. The molecule has 0 saturated heterocycles. The summed E-state index contributed by atoms with van der Waals surface area (Å²) < 4.78 is 6.64. The number of nitrogens with zero attached hydrogens (tertiary/aromatic N) is 2. The monoisotopic (exact) mass is 382 g/mol. The van der Waals surface area contributed by atoms with E-state index in [-0.39, 0.29) is 29.8 Å². The summed E-state index contributed by atoms with van der Waals surface area (Å²) in [5.74, 6) is -0.339. The number of nitriles is 1. The number of aromatic nitrogens is 1. The first-order valence-electron chi connectivity index (χ1n) is 9.49. The number of aromatic hydroxyl groups is 1. The molecule has 28 heavy (non-hydrogen) atoms. The van der Waals surface area contributed by atoms with Gasteiger partial charge in [-0.1, -0.05) is 43.9 Å². The number of ketones is 1. The van der Waals surface area contributed by atoms with Gasteiger partial charge in [-0.05, 0) is 38.0 Å². The SMILES string of the molecule is CCCCCCn1c(O)c(C(=O)COc2ccc(C)cc2)c(C)c(C#N)c1=O. The Balaban J connectivity index is 2.30. The number of unbranched alkanes of at least 4 members (excludes halogenated alkanes) is 3. The summed E-state index contributed by atoms with van der Waals surface area (Å²) in [7, 11) is 0. The smallest absolute Gasteiger partial charge is 0.271 e. The van der Waals surface area contributed by atoms with Gasteiger partial charge in [0, 0.05) is 6.54 Å². The van der Waals surface area contributed by atoms with Gasteiger partial charge in [0.25, 0.3) is 5.56 Å². The van der Waals surface area contributed by atoms with Crippen molar-refractivity contribution in [1.82, 2.24) is 4.57 Å². The van der Waals surface area contributed by atoms with Crippen LogP contribution >= 0.6 is 0 Å². The van der Waals surface area contributed by atoms with Gasteiger partial charge >= 0.3 is 0 Å². The molecule has 6 nitrogen and oxygen atoms in total. The molecule has 0 unspecified atom stereocenters. The van der Waals surface area contributed by atoms with Crippen LogP contribution in [0.2, 0.25) is 0 Å². The Kier molecular flexibility index (Phi) is 7.39. The molecule has 0 spiro atoms. The van der Waals surface area contributed by atoms with Gasteiger partial charge in [0.2, 0.25) is 11.7 Å². The molecular weight excluding hydrogens is 356 g/mol. The van der Waals surface area contributed by atoms with Gasteiger partial charge in [-0.3, -0.25) is 14.2 Å². The van der Waals surface area contributed by atoms with Crippen LogP contribution in [0, 0.1) is 25.2 Å². The number of rotatable bonds is 9. The lowest BCUT2D eigenvalue weighted by atomic mass is 10.0. The minimum Gasteiger partial charge on any atom is -0.494 e. The van der Waals surface area contributed by atoms with E-state index in [0.717, 1.165) is 29.4 Å². The third kappa shape index (κ3) is 4.80. The summed E-state index contributed by atoms with van der Waals surface area (Å²) in [5, 5.41) is 20.0. The van der Waals surface area contributed by atoms with Crippen LogP contribution in [0.15, 0.2) is 29.1 Å². The van der Waals surface area contributed by atoms with Crippen LogP contribution in [0.25, 0.3) is 0 Å². The Labute approximate surface area is 165 Å². The van der Waals surface area contributed by atoms with E-state index >= 15 is 0 Å². The Morgan fingerprint density at radius 1 is 1.18 bits per heavy atom. The van der Waals surface area contributed by atoms with Gasteiger partial charge in [-0.2, -0.15) is 5.26 Å². The Morgan fingerprint density at radius 2 is 1.86 bits per heavy atom. The fourth-order valence-electron chi connectivity index (χ4n) is 3.04. The van der Waals surface area contributed by atoms with Crippen LogP contribution < -0.4 is 10.3 Å². The molecule has 0 saturated carbocycles. The first-order valence-corrected chi connectivity index (χ1v) is 9.49. The molecular formula is C22H26N2O4. The second-order valence-electron chi connectivity index (χ2n) is 6.85. The van der Waals surface area contributed by atoms with E-state index in [1.807, 2.05) is 25.1 Å². The number of hydrogen-bond donors (Lipinski definition) is 1. The number of hydrogen-bond acceptors (Lipinski definition) is 5. The predicted octanol–water partition coefficient (Wildman–Crippen LogP) is 3.88. The van der Waals surface area contributed by atoms with Crippen LogP contribution in [0.1, 0.15) is 59.7 Å². The summed E-state index contributed by atoms with van der Waals surface area (Å²) in [4.78, 5) is 25.3. The van der Waals surface area contributed by atoms with Crippen LogP contribution in [-0.4, -0.2) is 22.1 Å². The molecule has 2 rings (SSSR count). The largest absolute Gasteiger partial charge is 0.494 e. The molecule has 1 N–H and O–H groups in total. The lowest BCUT2D eigenvalue weighted by molar-refractivity contribution is 0.0916. The molecule has 0 amide bonds. The highest BCUT2D eigenvalue weighted by Gasteiger charge is 2.24. The van der Waals surface area contributed by atoms with E-state index in [4.69, 9.17) is 4.74 Å². The normalized spacial score (nSPS) is 10.5. The van der Waals surface area contributed by atoms with Gasteiger partial charge in [0.15, 0.2) is 6.61 Å². The summed E-state index contributed by atoms with van der Waals surface area (Å²) >= 11 is 0. The lowest BCUT2D eigenvalue weighted by Gasteiger charge is -2.15. The van der Waals surface area contributed by atoms with E-state index in [1.165, 1.54) is 6.92 Å². The molecule has 6 heteroatoms.